The number of aliphatic carboxylic acids is 2. The summed E-state index contributed by atoms with van der Waals surface area (Å²) < 4.78 is 5.90. The third kappa shape index (κ3) is 10.1. The Kier molecular flexibility index (Phi) is 11.3. The Morgan fingerprint density at radius 1 is 1.21 bits per heavy atom. The number of ether oxygens (including phenoxy) is 1. The van der Waals surface area contributed by atoms with Crippen molar-refractivity contribution in [2.75, 3.05) is 33.4 Å². The van der Waals surface area contributed by atoms with Crippen LogP contribution in [-0.4, -0.2) is 60.4 Å². The number of hydrogen-bond acceptors (Lipinski definition) is 4. The fourth-order valence-corrected chi connectivity index (χ4v) is 3.47. The number of piperidine rings is 1. The second kappa shape index (κ2) is 12.9. The Balaban J connectivity index is 0.000000447. The first-order valence-corrected chi connectivity index (χ1v) is 10.2. The second-order valence-electron chi connectivity index (χ2n) is 7.53. The summed E-state index contributed by atoms with van der Waals surface area (Å²) in [4.78, 5) is 21.5. The van der Waals surface area contributed by atoms with Crippen LogP contribution in [0.1, 0.15) is 31.7 Å². The number of hydrogen-bond donors (Lipinski definition) is 2. The molecule has 1 aliphatic heterocycles. The van der Waals surface area contributed by atoms with Crippen LogP contribution in [0.3, 0.4) is 0 Å². The molecule has 1 saturated heterocycles. The predicted molar refractivity (Wildman–Crippen MR) is 115 cm³/mol. The van der Waals surface area contributed by atoms with Crippen LogP contribution in [0.5, 0.6) is 0 Å². The van der Waals surface area contributed by atoms with Gasteiger partial charge >= 0.3 is 11.9 Å². The van der Waals surface area contributed by atoms with Gasteiger partial charge in [-0.05, 0) is 49.5 Å². The topological polar surface area (TPSA) is 87.1 Å². The van der Waals surface area contributed by atoms with E-state index in [2.05, 4.69) is 31.9 Å². The van der Waals surface area contributed by atoms with Crippen LogP contribution in [-0.2, 0) is 14.3 Å². The van der Waals surface area contributed by atoms with E-state index in [-0.39, 0.29) is 0 Å². The molecule has 1 aromatic rings. The predicted octanol–water partition coefficient (Wildman–Crippen LogP) is 4.41. The first-order valence-electron chi connectivity index (χ1n) is 9.45. The summed E-state index contributed by atoms with van der Waals surface area (Å²) in [5.74, 6) is -0.919. The average Bonchev–Trinajstić information content (AvgIpc) is 2.63. The van der Waals surface area contributed by atoms with Crippen molar-refractivity contribution >= 4 is 35.1 Å². The molecule has 162 valence electrons. The number of rotatable bonds is 7. The van der Waals surface area contributed by atoms with Crippen LogP contribution in [0.2, 0.25) is 10.0 Å². The molecule has 0 bridgehead atoms. The Labute approximate surface area is 182 Å². The van der Waals surface area contributed by atoms with Gasteiger partial charge in [-0.25, -0.2) is 9.59 Å². The highest BCUT2D eigenvalue weighted by Gasteiger charge is 2.29. The van der Waals surface area contributed by atoms with E-state index >= 15 is 0 Å². The molecule has 0 radical (unpaired) electrons. The van der Waals surface area contributed by atoms with E-state index in [1.807, 2.05) is 12.1 Å². The van der Waals surface area contributed by atoms with Gasteiger partial charge in [0, 0.05) is 31.2 Å². The molecular weight excluding hydrogens is 417 g/mol. The summed E-state index contributed by atoms with van der Waals surface area (Å²) in [5.41, 5.74) is 1.29. The molecular formula is C21H29Cl2NO5. The summed E-state index contributed by atoms with van der Waals surface area (Å²) in [7, 11) is 2.18. The van der Waals surface area contributed by atoms with Crippen molar-refractivity contribution in [1.82, 2.24) is 4.90 Å². The molecule has 0 saturated carbocycles. The van der Waals surface area contributed by atoms with Crippen molar-refractivity contribution in [3.05, 3.63) is 46.0 Å². The largest absolute Gasteiger partial charge is 0.478 e. The molecule has 0 amide bonds. The number of benzene rings is 1. The molecule has 1 heterocycles. The first-order chi connectivity index (χ1) is 13.6. The third-order valence-electron chi connectivity index (χ3n) is 4.46. The van der Waals surface area contributed by atoms with Gasteiger partial charge in [-0.3, -0.25) is 0 Å². The quantitative estimate of drug-likeness (QED) is 0.604. The highest BCUT2D eigenvalue weighted by atomic mass is 35.5. The summed E-state index contributed by atoms with van der Waals surface area (Å²) in [6.07, 6.45) is 2.26. The Morgan fingerprint density at radius 3 is 2.34 bits per heavy atom. The number of carboxylic acids is 2. The van der Waals surface area contributed by atoms with E-state index in [1.165, 1.54) is 5.56 Å². The summed E-state index contributed by atoms with van der Waals surface area (Å²) in [6.45, 7) is 8.20. The normalized spacial score (nSPS) is 19.8. The zero-order valence-electron chi connectivity index (χ0n) is 17.0. The molecule has 0 unspecified atom stereocenters. The van der Waals surface area contributed by atoms with Gasteiger partial charge in [-0.15, -0.1) is 0 Å². The Morgan fingerprint density at radius 2 is 1.83 bits per heavy atom. The first kappa shape index (κ1) is 25.4. The van der Waals surface area contributed by atoms with Crippen molar-refractivity contribution in [2.45, 2.75) is 26.2 Å². The fraction of sp³-hybridized carbons (Fsp3) is 0.524. The van der Waals surface area contributed by atoms with Gasteiger partial charge in [-0.1, -0.05) is 43.1 Å². The van der Waals surface area contributed by atoms with Crippen LogP contribution in [0, 0.1) is 11.8 Å². The third-order valence-corrected chi connectivity index (χ3v) is 5.20. The molecule has 1 aromatic carbocycles. The van der Waals surface area contributed by atoms with E-state index in [0.717, 1.165) is 32.7 Å². The van der Waals surface area contributed by atoms with E-state index in [1.54, 1.807) is 0 Å². The maximum Gasteiger partial charge on any atom is 0.328 e. The standard InChI is InChI=1S/C17H25Cl2NO.C4H4O4/c1-12(2)10-21-11-14-9-20(3)7-6-15(14)13-4-5-16(18)17(19)8-13;5-3(6)1-2-4(7)8/h4-5,8,12,14-15H,6-7,9-11H2,1-3H3;1-2H,(H,5,6)(H,7,8)/b;2-1+/t14-,15+;/m0./s1. The zero-order valence-corrected chi connectivity index (χ0v) is 18.5. The maximum atomic E-state index is 9.55. The highest BCUT2D eigenvalue weighted by molar-refractivity contribution is 6.42. The van der Waals surface area contributed by atoms with Gasteiger partial charge in [0.05, 0.1) is 16.7 Å². The molecule has 2 rings (SSSR count). The van der Waals surface area contributed by atoms with Gasteiger partial charge in [0.15, 0.2) is 0 Å². The van der Waals surface area contributed by atoms with E-state index in [9.17, 15) is 9.59 Å². The summed E-state index contributed by atoms with van der Waals surface area (Å²) in [5, 5.41) is 16.9. The number of nitrogens with zero attached hydrogens (tertiary/aromatic N) is 1. The van der Waals surface area contributed by atoms with E-state index < -0.39 is 11.9 Å². The van der Waals surface area contributed by atoms with Crippen molar-refractivity contribution in [1.29, 1.82) is 0 Å². The van der Waals surface area contributed by atoms with Crippen LogP contribution in [0.25, 0.3) is 0 Å². The van der Waals surface area contributed by atoms with Gasteiger partial charge in [-0.2, -0.15) is 0 Å². The maximum absolute atomic E-state index is 9.55. The number of likely N-dealkylation sites (tertiary alicyclic amines) is 1. The van der Waals surface area contributed by atoms with Gasteiger partial charge < -0.3 is 19.8 Å². The van der Waals surface area contributed by atoms with E-state index in [0.29, 0.717) is 40.0 Å². The van der Waals surface area contributed by atoms with Gasteiger partial charge in [0.2, 0.25) is 0 Å². The summed E-state index contributed by atoms with van der Waals surface area (Å²) in [6, 6.07) is 6.04. The van der Waals surface area contributed by atoms with Crippen molar-refractivity contribution in [3.63, 3.8) is 0 Å². The van der Waals surface area contributed by atoms with E-state index in [4.69, 9.17) is 38.2 Å². The number of halogens is 2. The molecule has 1 fully saturated rings. The minimum Gasteiger partial charge on any atom is -0.478 e. The molecule has 0 spiro atoms. The molecule has 0 aromatic heterocycles. The zero-order chi connectivity index (χ0) is 22.0. The van der Waals surface area contributed by atoms with Crippen LogP contribution in [0.15, 0.2) is 30.4 Å². The van der Waals surface area contributed by atoms with Crippen LogP contribution in [0.4, 0.5) is 0 Å². The van der Waals surface area contributed by atoms with Crippen LogP contribution >= 0.6 is 23.2 Å². The van der Waals surface area contributed by atoms with Crippen LogP contribution < -0.4 is 0 Å². The SMILES string of the molecule is CC(C)COC[C@@H]1CN(C)CC[C@@H]1c1ccc(Cl)c(Cl)c1.O=C(O)/C=C/C(=O)O. The molecule has 8 heteroatoms. The number of carboxylic acid groups (broad SMARTS) is 2. The van der Waals surface area contributed by atoms with Gasteiger partial charge in [0.1, 0.15) is 0 Å². The average molecular weight is 446 g/mol. The lowest BCUT2D eigenvalue weighted by Gasteiger charge is -2.37. The van der Waals surface area contributed by atoms with Crippen molar-refractivity contribution in [3.8, 4) is 0 Å². The molecule has 2 atom stereocenters. The lowest BCUT2D eigenvalue weighted by Crippen LogP contribution is -2.39. The van der Waals surface area contributed by atoms with Gasteiger partial charge in [0.25, 0.3) is 0 Å². The lowest BCUT2D eigenvalue weighted by atomic mass is 9.81. The lowest BCUT2D eigenvalue weighted by molar-refractivity contribution is -0.134. The van der Waals surface area contributed by atoms with Crippen molar-refractivity contribution < 1.29 is 24.5 Å². The molecule has 1 aliphatic rings. The monoisotopic (exact) mass is 445 g/mol. The van der Waals surface area contributed by atoms with Crippen molar-refractivity contribution in [2.24, 2.45) is 11.8 Å². The molecule has 2 N–H and O–H groups in total. The fourth-order valence-electron chi connectivity index (χ4n) is 3.16. The molecule has 29 heavy (non-hydrogen) atoms. The summed E-state index contributed by atoms with van der Waals surface area (Å²) >= 11 is 12.2. The Hall–Kier alpha value is -1.60. The highest BCUT2D eigenvalue weighted by Crippen LogP contribution is 2.35. The molecule has 6 nitrogen and oxygen atoms in total. The minimum atomic E-state index is -1.26. The minimum absolute atomic E-state index is 0.503. The second-order valence-corrected chi connectivity index (χ2v) is 8.35. The molecule has 0 aliphatic carbocycles. The smallest absolute Gasteiger partial charge is 0.328 e. The Bertz CT molecular complexity index is 692. The number of carbonyl (C=O) groups is 2.